The van der Waals surface area contributed by atoms with Gasteiger partial charge < -0.3 is 14.2 Å². The van der Waals surface area contributed by atoms with E-state index in [1.165, 1.54) is 6.92 Å². The van der Waals surface area contributed by atoms with Crippen molar-refractivity contribution in [3.05, 3.63) is 35.9 Å². The molecule has 1 aliphatic heterocycles. The van der Waals surface area contributed by atoms with Gasteiger partial charge in [0.25, 0.3) is 5.91 Å². The highest BCUT2D eigenvalue weighted by molar-refractivity contribution is 5.96. The van der Waals surface area contributed by atoms with Gasteiger partial charge in [0, 0.05) is 0 Å². The highest BCUT2D eigenvalue weighted by Gasteiger charge is 2.53. The Morgan fingerprint density at radius 3 is 2.42 bits per heavy atom. The van der Waals surface area contributed by atoms with E-state index in [1.807, 2.05) is 0 Å². The maximum absolute atomic E-state index is 13.9. The molecule has 0 unspecified atom stereocenters. The van der Waals surface area contributed by atoms with Crippen molar-refractivity contribution in [2.45, 2.75) is 52.1 Å². The molecular weight excluding hydrogens is 419 g/mol. The van der Waals surface area contributed by atoms with Crippen molar-refractivity contribution in [2.75, 3.05) is 13.2 Å². The Balaban J connectivity index is 2.38. The van der Waals surface area contributed by atoms with Gasteiger partial charge in [-0.3, -0.25) is 9.59 Å². The molecule has 0 spiro atoms. The molecule has 2 rings (SSSR count). The fourth-order valence-corrected chi connectivity index (χ4v) is 3.23. The van der Waals surface area contributed by atoms with Crippen molar-refractivity contribution in [1.29, 1.82) is 0 Å². The van der Waals surface area contributed by atoms with Crippen LogP contribution >= 0.6 is 0 Å². The van der Waals surface area contributed by atoms with Crippen LogP contribution in [0, 0.1) is 11.8 Å². The van der Waals surface area contributed by atoms with Crippen molar-refractivity contribution in [2.24, 2.45) is 11.8 Å². The summed E-state index contributed by atoms with van der Waals surface area (Å²) < 4.78 is 56.7. The third-order valence-corrected chi connectivity index (χ3v) is 4.91. The summed E-state index contributed by atoms with van der Waals surface area (Å²) in [6, 6.07) is 7.56. The van der Waals surface area contributed by atoms with Gasteiger partial charge in [-0.1, -0.05) is 44.2 Å². The van der Waals surface area contributed by atoms with Gasteiger partial charge in [-0.25, -0.2) is 9.69 Å². The predicted octanol–water partition coefficient (Wildman–Crippen LogP) is 3.71. The zero-order valence-corrected chi connectivity index (χ0v) is 17.6. The number of nitrogens with zero attached hydrogens (tertiary/aromatic N) is 1. The largest absolute Gasteiger partial charge is 0.466 e. The third kappa shape index (κ3) is 6.43. The Labute approximate surface area is 178 Å². The molecule has 1 aromatic rings. The van der Waals surface area contributed by atoms with Crippen LogP contribution in [0.15, 0.2) is 30.3 Å². The van der Waals surface area contributed by atoms with Crippen LogP contribution < -0.4 is 0 Å². The highest BCUT2D eigenvalue weighted by atomic mass is 19.4. The monoisotopic (exact) mass is 445 g/mol. The molecule has 2 amide bonds. The topological polar surface area (TPSA) is 82.1 Å². The molecule has 1 aliphatic rings. The second-order valence-corrected chi connectivity index (χ2v) is 7.47. The average molecular weight is 445 g/mol. The molecule has 0 saturated carbocycles. The number of imide groups is 1. The van der Waals surface area contributed by atoms with Crippen LogP contribution in [0.25, 0.3) is 0 Å². The Bertz CT molecular complexity index is 768. The number of amides is 2. The first kappa shape index (κ1) is 24.6. The Kier molecular flexibility index (Phi) is 8.43. The molecule has 0 bridgehead atoms. The number of cyclic esters (lactones) is 1. The smallest absolute Gasteiger partial charge is 0.417 e. The van der Waals surface area contributed by atoms with Gasteiger partial charge in [-0.05, 0) is 18.4 Å². The summed E-state index contributed by atoms with van der Waals surface area (Å²) in [5.41, 5.74) is 0.529. The molecule has 10 heteroatoms. The summed E-state index contributed by atoms with van der Waals surface area (Å²) in [4.78, 5) is 37.9. The molecule has 0 aromatic heterocycles. The van der Waals surface area contributed by atoms with Crippen LogP contribution in [0.3, 0.4) is 0 Å². The molecule has 1 aromatic carbocycles. The molecule has 1 fully saturated rings. The van der Waals surface area contributed by atoms with Crippen molar-refractivity contribution >= 4 is 18.0 Å². The standard InChI is InChI=1S/C21H26F3NO6/c1-4-29-17(26)10-15(21(22,23)24)18(30-11-14-8-6-5-7-9-14)19(27)25-16(13(2)3)12-31-20(25)28/h5-9,13,15-16,18H,4,10-12H2,1-3H3/t15-,16-,18-/m1/s1. The lowest BCUT2D eigenvalue weighted by atomic mass is 9.95. The molecule has 0 radical (unpaired) electrons. The van der Waals surface area contributed by atoms with E-state index in [4.69, 9.17) is 9.47 Å². The summed E-state index contributed by atoms with van der Waals surface area (Å²) in [5.74, 6) is -5.05. The van der Waals surface area contributed by atoms with Crippen molar-refractivity contribution in [3.63, 3.8) is 0 Å². The lowest BCUT2D eigenvalue weighted by Crippen LogP contribution is -2.52. The minimum absolute atomic E-state index is 0.110. The number of carbonyl (C=O) groups excluding carboxylic acids is 3. The van der Waals surface area contributed by atoms with Crippen LogP contribution in [0.2, 0.25) is 0 Å². The van der Waals surface area contributed by atoms with Gasteiger partial charge in [0.1, 0.15) is 18.6 Å². The maximum Gasteiger partial charge on any atom is 0.417 e. The van der Waals surface area contributed by atoms with E-state index in [0.29, 0.717) is 10.5 Å². The third-order valence-electron chi connectivity index (χ3n) is 4.91. The number of rotatable bonds is 9. The van der Waals surface area contributed by atoms with E-state index in [9.17, 15) is 27.6 Å². The molecule has 0 N–H and O–H groups in total. The molecular formula is C21H26F3NO6. The van der Waals surface area contributed by atoms with Gasteiger partial charge >= 0.3 is 18.2 Å². The predicted molar refractivity (Wildman–Crippen MR) is 103 cm³/mol. The number of carbonyl (C=O) groups is 3. The first-order valence-corrected chi connectivity index (χ1v) is 9.93. The normalized spacial score (nSPS) is 18.6. The molecule has 7 nitrogen and oxygen atoms in total. The summed E-state index contributed by atoms with van der Waals surface area (Å²) in [5, 5.41) is 0. The lowest BCUT2D eigenvalue weighted by molar-refractivity contribution is -0.217. The van der Waals surface area contributed by atoms with Gasteiger partial charge in [0.2, 0.25) is 0 Å². The minimum atomic E-state index is -4.96. The average Bonchev–Trinajstić information content (AvgIpc) is 3.09. The molecule has 31 heavy (non-hydrogen) atoms. The minimum Gasteiger partial charge on any atom is -0.466 e. The number of alkyl halides is 3. The highest BCUT2D eigenvalue weighted by Crippen LogP contribution is 2.36. The number of halogens is 3. The summed E-state index contributed by atoms with van der Waals surface area (Å²) in [6.07, 6.45) is -9.23. The zero-order valence-electron chi connectivity index (χ0n) is 17.6. The zero-order chi connectivity index (χ0) is 23.2. The lowest BCUT2D eigenvalue weighted by Gasteiger charge is -2.32. The van der Waals surface area contributed by atoms with Crippen molar-refractivity contribution in [1.82, 2.24) is 4.90 Å². The number of hydrogen-bond donors (Lipinski definition) is 0. The fourth-order valence-electron chi connectivity index (χ4n) is 3.23. The molecule has 1 heterocycles. The molecule has 1 saturated heterocycles. The van der Waals surface area contributed by atoms with E-state index in [2.05, 4.69) is 4.74 Å². The van der Waals surface area contributed by atoms with Crippen LogP contribution in [0.1, 0.15) is 32.8 Å². The Hall–Kier alpha value is -2.62. The van der Waals surface area contributed by atoms with Gasteiger partial charge in [-0.2, -0.15) is 13.2 Å². The van der Waals surface area contributed by atoms with Crippen LogP contribution in [0.4, 0.5) is 18.0 Å². The quantitative estimate of drug-likeness (QED) is 0.539. The van der Waals surface area contributed by atoms with Crippen LogP contribution in [0.5, 0.6) is 0 Å². The van der Waals surface area contributed by atoms with E-state index in [0.717, 1.165) is 0 Å². The van der Waals surface area contributed by atoms with Gasteiger partial charge in [0.05, 0.1) is 25.7 Å². The van der Waals surface area contributed by atoms with Gasteiger partial charge in [-0.15, -0.1) is 0 Å². The van der Waals surface area contributed by atoms with Gasteiger partial charge in [0.15, 0.2) is 0 Å². The first-order chi connectivity index (χ1) is 14.6. The van der Waals surface area contributed by atoms with E-state index < -0.39 is 48.6 Å². The number of hydrogen-bond acceptors (Lipinski definition) is 6. The number of ether oxygens (including phenoxy) is 3. The second-order valence-electron chi connectivity index (χ2n) is 7.47. The van der Waals surface area contributed by atoms with E-state index >= 15 is 0 Å². The van der Waals surface area contributed by atoms with Crippen molar-refractivity contribution < 1.29 is 41.8 Å². The number of esters is 1. The Morgan fingerprint density at radius 1 is 1.23 bits per heavy atom. The first-order valence-electron chi connectivity index (χ1n) is 9.93. The van der Waals surface area contributed by atoms with E-state index in [1.54, 1.807) is 44.2 Å². The second kappa shape index (κ2) is 10.6. The summed E-state index contributed by atoms with van der Waals surface area (Å²) in [6.45, 7) is 4.34. The maximum atomic E-state index is 13.9. The molecule has 3 atom stereocenters. The van der Waals surface area contributed by atoms with Crippen LogP contribution in [-0.2, 0) is 30.4 Å². The molecule has 172 valence electrons. The SMILES string of the molecule is CCOC(=O)C[C@H]([C@@H](OCc1ccccc1)C(=O)N1C(=O)OC[C@@H]1C(C)C)C(F)(F)F. The summed E-state index contributed by atoms with van der Waals surface area (Å²) >= 11 is 0. The number of benzene rings is 1. The van der Waals surface area contributed by atoms with E-state index in [-0.39, 0.29) is 25.7 Å². The van der Waals surface area contributed by atoms with Crippen molar-refractivity contribution in [3.8, 4) is 0 Å². The Morgan fingerprint density at radius 2 is 1.87 bits per heavy atom. The fraction of sp³-hybridized carbons (Fsp3) is 0.571. The molecule has 0 aliphatic carbocycles. The summed E-state index contributed by atoms with van der Waals surface area (Å²) in [7, 11) is 0. The van der Waals surface area contributed by atoms with Crippen LogP contribution in [-0.4, -0.2) is 54.4 Å².